The van der Waals surface area contributed by atoms with E-state index in [4.69, 9.17) is 0 Å². The van der Waals surface area contributed by atoms with E-state index in [-0.39, 0.29) is 24.8 Å². The Kier molecular flexibility index (Phi) is 11.3. The van der Waals surface area contributed by atoms with E-state index in [1.807, 2.05) is 68.4 Å². The molecule has 214 valence electrons. The summed E-state index contributed by atoms with van der Waals surface area (Å²) in [6.45, 7) is 4.10. The van der Waals surface area contributed by atoms with Gasteiger partial charge in [0.2, 0.25) is 11.8 Å². The van der Waals surface area contributed by atoms with Crippen LogP contribution in [0.3, 0.4) is 0 Å². The van der Waals surface area contributed by atoms with E-state index >= 15 is 0 Å². The standard InChI is InChI=1S/C30H37BrN4O4S/c1-23(2)20-32-30(37)28(19-24-12-7-5-8-13-24)34(21-25-14-11-15-26(31)18-25)29(36)22-35(40(38,39)33(3)4)27-16-9-6-10-17-27/h5-18,23,28H,19-22H2,1-4H3,(H,32,37)/t28-/m1/s1. The summed E-state index contributed by atoms with van der Waals surface area (Å²) in [4.78, 5) is 29.3. The van der Waals surface area contributed by atoms with Gasteiger partial charge in [-0.25, -0.2) is 4.31 Å². The molecule has 0 saturated heterocycles. The van der Waals surface area contributed by atoms with Crippen molar-refractivity contribution >= 4 is 43.6 Å². The van der Waals surface area contributed by atoms with Crippen LogP contribution in [0.15, 0.2) is 89.4 Å². The molecule has 1 N–H and O–H groups in total. The molecule has 0 unspecified atom stereocenters. The first-order chi connectivity index (χ1) is 19.0. The van der Waals surface area contributed by atoms with Gasteiger partial charge in [-0.1, -0.05) is 90.4 Å². The number of hydrogen-bond donors (Lipinski definition) is 1. The van der Waals surface area contributed by atoms with Gasteiger partial charge in [-0.05, 0) is 41.3 Å². The average molecular weight is 630 g/mol. The van der Waals surface area contributed by atoms with Crippen LogP contribution in [0.2, 0.25) is 0 Å². The van der Waals surface area contributed by atoms with Crippen LogP contribution in [-0.2, 0) is 32.8 Å². The molecule has 0 radical (unpaired) electrons. The van der Waals surface area contributed by atoms with E-state index in [9.17, 15) is 18.0 Å². The summed E-state index contributed by atoms with van der Waals surface area (Å²) >= 11 is 3.49. The molecule has 2 amide bonds. The van der Waals surface area contributed by atoms with Gasteiger partial charge in [0, 0.05) is 38.1 Å². The van der Waals surface area contributed by atoms with Gasteiger partial charge in [0.1, 0.15) is 12.6 Å². The van der Waals surface area contributed by atoms with Crippen LogP contribution in [0.5, 0.6) is 0 Å². The molecular formula is C30H37BrN4O4S. The van der Waals surface area contributed by atoms with Crippen molar-refractivity contribution in [2.24, 2.45) is 5.92 Å². The maximum atomic E-state index is 14.2. The molecule has 3 aromatic carbocycles. The molecule has 1 atom stereocenters. The molecule has 0 bridgehead atoms. The number of anilines is 1. The van der Waals surface area contributed by atoms with E-state index in [1.54, 1.807) is 30.3 Å². The smallest absolute Gasteiger partial charge is 0.304 e. The van der Waals surface area contributed by atoms with Crippen molar-refractivity contribution in [3.05, 3.63) is 101 Å². The summed E-state index contributed by atoms with van der Waals surface area (Å²) in [6, 6.07) is 24.6. The van der Waals surface area contributed by atoms with Crippen molar-refractivity contribution in [3.8, 4) is 0 Å². The highest BCUT2D eigenvalue weighted by Crippen LogP contribution is 2.22. The van der Waals surface area contributed by atoms with Crippen molar-refractivity contribution in [2.75, 3.05) is 31.5 Å². The molecule has 10 heteroatoms. The number of para-hydroxylation sites is 1. The third kappa shape index (κ3) is 8.64. The van der Waals surface area contributed by atoms with Crippen LogP contribution in [0, 0.1) is 5.92 Å². The molecule has 0 aliphatic carbocycles. The highest BCUT2D eigenvalue weighted by Gasteiger charge is 2.34. The SMILES string of the molecule is CC(C)CNC(=O)[C@@H](Cc1ccccc1)N(Cc1cccc(Br)c1)C(=O)CN(c1ccccc1)S(=O)(=O)N(C)C. The minimum atomic E-state index is -4.02. The molecule has 0 saturated carbocycles. The third-order valence-electron chi connectivity index (χ3n) is 6.26. The van der Waals surface area contributed by atoms with E-state index in [1.165, 1.54) is 19.0 Å². The summed E-state index contributed by atoms with van der Waals surface area (Å²) in [5, 5.41) is 2.99. The number of amides is 2. The summed E-state index contributed by atoms with van der Waals surface area (Å²) < 4.78 is 29.7. The second kappa shape index (κ2) is 14.4. The molecule has 0 fully saturated rings. The van der Waals surface area contributed by atoms with Gasteiger partial charge in [0.05, 0.1) is 5.69 Å². The van der Waals surface area contributed by atoms with Crippen molar-refractivity contribution < 1.29 is 18.0 Å². The fourth-order valence-electron chi connectivity index (χ4n) is 4.12. The summed E-state index contributed by atoms with van der Waals surface area (Å²) in [5.41, 5.74) is 2.05. The van der Waals surface area contributed by atoms with Gasteiger partial charge >= 0.3 is 10.2 Å². The lowest BCUT2D eigenvalue weighted by Crippen LogP contribution is -2.54. The highest BCUT2D eigenvalue weighted by atomic mass is 79.9. The van der Waals surface area contributed by atoms with E-state index in [0.717, 1.165) is 24.2 Å². The van der Waals surface area contributed by atoms with Gasteiger partial charge < -0.3 is 10.2 Å². The summed E-state index contributed by atoms with van der Waals surface area (Å²) in [6.07, 6.45) is 0.274. The number of benzene rings is 3. The molecule has 0 heterocycles. The highest BCUT2D eigenvalue weighted by molar-refractivity contribution is 9.10. The largest absolute Gasteiger partial charge is 0.354 e. The Labute approximate surface area is 246 Å². The third-order valence-corrected chi connectivity index (χ3v) is 8.57. The minimum absolute atomic E-state index is 0.121. The van der Waals surface area contributed by atoms with Crippen LogP contribution in [0.1, 0.15) is 25.0 Å². The fraction of sp³-hybridized carbons (Fsp3) is 0.333. The van der Waals surface area contributed by atoms with Crippen LogP contribution < -0.4 is 9.62 Å². The number of nitrogens with zero attached hydrogens (tertiary/aromatic N) is 3. The van der Waals surface area contributed by atoms with Crippen molar-refractivity contribution in [2.45, 2.75) is 32.9 Å². The normalized spacial score (nSPS) is 12.3. The lowest BCUT2D eigenvalue weighted by Gasteiger charge is -2.34. The van der Waals surface area contributed by atoms with Crippen molar-refractivity contribution in [3.63, 3.8) is 0 Å². The summed E-state index contributed by atoms with van der Waals surface area (Å²) in [7, 11) is -1.17. The number of carbonyl (C=O) groups excluding carboxylic acids is 2. The van der Waals surface area contributed by atoms with Crippen molar-refractivity contribution in [1.82, 2.24) is 14.5 Å². The van der Waals surface area contributed by atoms with Gasteiger partial charge in [0.15, 0.2) is 0 Å². The zero-order valence-corrected chi connectivity index (χ0v) is 25.7. The Balaban J connectivity index is 2.07. The lowest BCUT2D eigenvalue weighted by atomic mass is 10.0. The average Bonchev–Trinajstić information content (AvgIpc) is 2.93. The second-order valence-corrected chi connectivity index (χ2v) is 13.1. The molecule has 40 heavy (non-hydrogen) atoms. The Morgan fingerprint density at radius 2 is 1.48 bits per heavy atom. The van der Waals surface area contributed by atoms with Gasteiger partial charge in [-0.15, -0.1) is 0 Å². The topological polar surface area (TPSA) is 90.0 Å². The number of nitrogens with one attached hydrogen (secondary N) is 1. The van der Waals surface area contributed by atoms with E-state index < -0.39 is 28.7 Å². The predicted octanol–water partition coefficient (Wildman–Crippen LogP) is 4.47. The Morgan fingerprint density at radius 3 is 2.05 bits per heavy atom. The van der Waals surface area contributed by atoms with Gasteiger partial charge in [-0.3, -0.25) is 9.59 Å². The molecule has 8 nitrogen and oxygen atoms in total. The Hall–Kier alpha value is -3.21. The number of hydrogen-bond acceptors (Lipinski definition) is 4. The van der Waals surface area contributed by atoms with Gasteiger partial charge in [-0.2, -0.15) is 12.7 Å². The lowest BCUT2D eigenvalue weighted by molar-refractivity contribution is -0.140. The molecule has 3 rings (SSSR count). The monoisotopic (exact) mass is 628 g/mol. The van der Waals surface area contributed by atoms with E-state index in [0.29, 0.717) is 12.2 Å². The molecule has 0 aliphatic heterocycles. The fourth-order valence-corrected chi connectivity index (χ4v) is 5.62. The Morgan fingerprint density at radius 1 is 0.875 bits per heavy atom. The zero-order chi connectivity index (χ0) is 29.3. The quantitative estimate of drug-likeness (QED) is 0.302. The van der Waals surface area contributed by atoms with Crippen LogP contribution >= 0.6 is 15.9 Å². The zero-order valence-electron chi connectivity index (χ0n) is 23.3. The molecule has 0 spiro atoms. The maximum Gasteiger partial charge on any atom is 0.304 e. The Bertz CT molecular complexity index is 1370. The van der Waals surface area contributed by atoms with E-state index in [2.05, 4.69) is 21.2 Å². The van der Waals surface area contributed by atoms with Crippen LogP contribution in [-0.4, -0.2) is 62.7 Å². The molecule has 3 aromatic rings. The number of carbonyl (C=O) groups is 2. The van der Waals surface area contributed by atoms with Crippen molar-refractivity contribution in [1.29, 1.82) is 0 Å². The number of rotatable bonds is 13. The molecule has 0 aromatic heterocycles. The van der Waals surface area contributed by atoms with Crippen LogP contribution in [0.25, 0.3) is 0 Å². The second-order valence-electron chi connectivity index (χ2n) is 10.1. The predicted molar refractivity (Wildman–Crippen MR) is 163 cm³/mol. The summed E-state index contributed by atoms with van der Waals surface area (Å²) in [5.74, 6) is -0.563. The van der Waals surface area contributed by atoms with Gasteiger partial charge in [0.25, 0.3) is 0 Å². The van der Waals surface area contributed by atoms with Crippen LogP contribution in [0.4, 0.5) is 5.69 Å². The number of halogens is 1. The first kappa shape index (κ1) is 31.3. The minimum Gasteiger partial charge on any atom is -0.354 e. The molecular weight excluding hydrogens is 592 g/mol. The maximum absolute atomic E-state index is 14.2. The first-order valence-corrected chi connectivity index (χ1v) is 15.3. The molecule has 0 aliphatic rings. The first-order valence-electron chi connectivity index (χ1n) is 13.1.